The Morgan fingerprint density at radius 1 is 1.89 bits per heavy atom. The predicted molar refractivity (Wildman–Crippen MR) is 29.6 cm³/mol. The normalized spacial score (nSPS) is 16.3. The highest BCUT2D eigenvalue weighted by Gasteiger charge is 2.21. The molecular weight excluding hydrogens is 147 g/mol. The van der Waals surface area contributed by atoms with E-state index in [0.717, 1.165) is 0 Å². The van der Waals surface area contributed by atoms with Crippen LogP contribution < -0.4 is 0 Å². The van der Waals surface area contributed by atoms with Crippen molar-refractivity contribution in [3.8, 4) is 0 Å². The van der Waals surface area contributed by atoms with Crippen LogP contribution in [0.2, 0.25) is 0 Å². The van der Waals surface area contributed by atoms with Crippen molar-refractivity contribution in [1.29, 1.82) is 0 Å². The first-order chi connectivity index (χ1) is 4.12. The van der Waals surface area contributed by atoms with Crippen LogP contribution in [0.15, 0.2) is 0 Å². The summed E-state index contributed by atoms with van der Waals surface area (Å²) in [5.41, 5.74) is 0. The summed E-state index contributed by atoms with van der Waals surface area (Å²) >= 11 is 5.16. The van der Waals surface area contributed by atoms with Crippen molar-refractivity contribution < 1.29 is 19.7 Å². The lowest BCUT2D eigenvalue weighted by Gasteiger charge is -2.15. The average molecular weight is 155 g/mol. The Balaban J connectivity index is 3.44. The van der Waals surface area contributed by atoms with Crippen LogP contribution in [0, 0.1) is 0 Å². The van der Waals surface area contributed by atoms with Gasteiger partial charge in [0.1, 0.15) is 0 Å². The lowest BCUT2D eigenvalue weighted by atomic mass is 10.4. The van der Waals surface area contributed by atoms with Crippen molar-refractivity contribution in [2.75, 3.05) is 5.88 Å². The fourth-order valence-electron chi connectivity index (χ4n) is 0.146. The van der Waals surface area contributed by atoms with E-state index in [1.54, 1.807) is 0 Å². The van der Waals surface area contributed by atoms with Gasteiger partial charge in [0.15, 0.2) is 0 Å². The highest BCUT2D eigenvalue weighted by molar-refractivity contribution is 6.18. The number of hydrogen-bond donors (Lipinski definition) is 1. The summed E-state index contributed by atoms with van der Waals surface area (Å²) in [6.07, 6.45) is 0. The van der Waals surface area contributed by atoms with Crippen molar-refractivity contribution in [3.05, 3.63) is 0 Å². The zero-order valence-corrected chi connectivity index (χ0v) is 5.59. The van der Waals surface area contributed by atoms with Gasteiger partial charge in [0.05, 0.1) is 5.88 Å². The molecule has 0 bridgehead atoms. The van der Waals surface area contributed by atoms with Gasteiger partial charge >= 0.3 is 6.47 Å². The highest BCUT2D eigenvalue weighted by Crippen LogP contribution is 2.06. The molecule has 0 aliphatic heterocycles. The molecule has 0 radical (unpaired) electrons. The molecule has 9 heavy (non-hydrogen) atoms. The van der Waals surface area contributed by atoms with E-state index in [-0.39, 0.29) is 12.4 Å². The van der Waals surface area contributed by atoms with Crippen LogP contribution in [-0.2, 0) is 14.6 Å². The SMILES string of the molecule is CC(O)(CCl)OOC=O. The standard InChI is InChI=1S/C4H7ClO4/c1-4(7,2-5)9-8-3-6/h3,7H,2H2,1H3. The average Bonchev–Trinajstić information content (AvgIpc) is 1.84. The zero-order chi connectivity index (χ0) is 7.33. The molecule has 0 amide bonds. The summed E-state index contributed by atoms with van der Waals surface area (Å²) in [5.74, 6) is -1.76. The van der Waals surface area contributed by atoms with Crippen molar-refractivity contribution in [1.82, 2.24) is 0 Å². The molecule has 1 unspecified atom stereocenters. The first-order valence-electron chi connectivity index (χ1n) is 2.19. The Morgan fingerprint density at radius 2 is 2.44 bits per heavy atom. The molecule has 54 valence electrons. The van der Waals surface area contributed by atoms with Gasteiger partial charge in [-0.1, -0.05) is 0 Å². The summed E-state index contributed by atoms with van der Waals surface area (Å²) in [7, 11) is 0. The van der Waals surface area contributed by atoms with Gasteiger partial charge in [0.25, 0.3) is 0 Å². The minimum Gasteiger partial charge on any atom is -0.362 e. The van der Waals surface area contributed by atoms with Gasteiger partial charge in [-0.3, -0.25) is 9.68 Å². The largest absolute Gasteiger partial charge is 0.362 e. The number of hydrogen-bond acceptors (Lipinski definition) is 4. The van der Waals surface area contributed by atoms with E-state index in [2.05, 4.69) is 9.78 Å². The van der Waals surface area contributed by atoms with Gasteiger partial charge in [-0.15, -0.1) is 16.5 Å². The number of rotatable bonds is 4. The molecule has 0 aromatic carbocycles. The lowest BCUT2D eigenvalue weighted by molar-refractivity contribution is -0.372. The monoisotopic (exact) mass is 154 g/mol. The second-order valence-electron chi connectivity index (χ2n) is 1.58. The summed E-state index contributed by atoms with van der Waals surface area (Å²) in [6, 6.07) is 0. The molecule has 0 rings (SSSR count). The Bertz CT molecular complexity index is 92.6. The smallest absolute Gasteiger partial charge is 0.330 e. The fraction of sp³-hybridized carbons (Fsp3) is 0.750. The summed E-state index contributed by atoms with van der Waals surface area (Å²) in [5, 5.41) is 8.82. The van der Waals surface area contributed by atoms with E-state index in [4.69, 9.17) is 16.7 Å². The van der Waals surface area contributed by atoms with Crippen LogP contribution in [0.3, 0.4) is 0 Å². The Morgan fingerprint density at radius 3 is 2.78 bits per heavy atom. The molecule has 0 saturated heterocycles. The molecule has 0 aliphatic carbocycles. The van der Waals surface area contributed by atoms with Gasteiger partial charge < -0.3 is 5.11 Å². The van der Waals surface area contributed by atoms with Gasteiger partial charge in [0.2, 0.25) is 5.79 Å². The van der Waals surface area contributed by atoms with Crippen LogP contribution >= 0.6 is 11.6 Å². The third-order valence-electron chi connectivity index (χ3n) is 0.515. The number of carbonyl (C=O) groups excluding carboxylic acids is 1. The Hall–Kier alpha value is -0.320. The highest BCUT2D eigenvalue weighted by atomic mass is 35.5. The Labute approximate surface area is 57.2 Å². The predicted octanol–water partition coefficient (Wildman–Crippen LogP) is 0.0383. The molecule has 0 saturated carbocycles. The lowest BCUT2D eigenvalue weighted by Crippen LogP contribution is -2.29. The van der Waals surface area contributed by atoms with Gasteiger partial charge in [-0.05, 0) is 6.92 Å². The molecular formula is C4H7ClO4. The van der Waals surface area contributed by atoms with Crippen molar-refractivity contribution >= 4 is 18.1 Å². The molecule has 0 aliphatic rings. The molecule has 0 heterocycles. The van der Waals surface area contributed by atoms with Crippen molar-refractivity contribution in [3.63, 3.8) is 0 Å². The molecule has 0 fully saturated rings. The summed E-state index contributed by atoms with van der Waals surface area (Å²) in [6.45, 7) is 1.32. The number of aliphatic hydroxyl groups is 1. The van der Waals surface area contributed by atoms with Crippen molar-refractivity contribution in [2.45, 2.75) is 12.7 Å². The molecule has 0 aromatic heterocycles. The third-order valence-corrected chi connectivity index (χ3v) is 1.01. The summed E-state index contributed by atoms with van der Waals surface area (Å²) in [4.78, 5) is 17.3. The first-order valence-corrected chi connectivity index (χ1v) is 2.72. The second kappa shape index (κ2) is 3.66. The second-order valence-corrected chi connectivity index (χ2v) is 1.85. The first kappa shape index (κ1) is 8.68. The van der Waals surface area contributed by atoms with E-state index >= 15 is 0 Å². The number of carbonyl (C=O) groups is 1. The Kier molecular flexibility index (Phi) is 3.53. The van der Waals surface area contributed by atoms with Gasteiger partial charge in [0, 0.05) is 0 Å². The number of alkyl halides is 1. The van der Waals surface area contributed by atoms with E-state index in [0.29, 0.717) is 0 Å². The van der Waals surface area contributed by atoms with E-state index in [1.807, 2.05) is 0 Å². The summed E-state index contributed by atoms with van der Waals surface area (Å²) < 4.78 is 0. The molecule has 0 spiro atoms. The van der Waals surface area contributed by atoms with Crippen LogP contribution in [-0.4, -0.2) is 23.2 Å². The van der Waals surface area contributed by atoms with E-state index < -0.39 is 5.79 Å². The third kappa shape index (κ3) is 4.20. The maximum atomic E-state index is 9.47. The van der Waals surface area contributed by atoms with Crippen molar-refractivity contribution in [2.24, 2.45) is 0 Å². The topological polar surface area (TPSA) is 55.8 Å². The maximum Gasteiger partial charge on any atom is 0.330 e. The fourth-order valence-corrected chi connectivity index (χ4v) is 0.190. The zero-order valence-electron chi connectivity index (χ0n) is 4.83. The van der Waals surface area contributed by atoms with E-state index in [1.165, 1.54) is 6.92 Å². The number of halogens is 1. The van der Waals surface area contributed by atoms with Crippen LogP contribution in [0.5, 0.6) is 0 Å². The maximum absolute atomic E-state index is 9.47. The van der Waals surface area contributed by atoms with Gasteiger partial charge in [-0.25, -0.2) is 0 Å². The molecule has 4 nitrogen and oxygen atoms in total. The van der Waals surface area contributed by atoms with Crippen LogP contribution in [0.1, 0.15) is 6.92 Å². The molecule has 5 heteroatoms. The van der Waals surface area contributed by atoms with Gasteiger partial charge in [-0.2, -0.15) is 0 Å². The minimum absolute atomic E-state index is 0.0566. The molecule has 1 atom stereocenters. The van der Waals surface area contributed by atoms with E-state index in [9.17, 15) is 4.79 Å². The minimum atomic E-state index is -1.59. The molecule has 1 N–H and O–H groups in total. The quantitative estimate of drug-likeness (QED) is 0.204. The molecule has 0 aromatic rings. The van der Waals surface area contributed by atoms with Crippen LogP contribution in [0.25, 0.3) is 0 Å². The van der Waals surface area contributed by atoms with Crippen LogP contribution in [0.4, 0.5) is 0 Å².